The lowest BCUT2D eigenvalue weighted by Gasteiger charge is -2.13. The first kappa shape index (κ1) is 11.6. The molecule has 0 amide bonds. The van der Waals surface area contributed by atoms with Gasteiger partial charge in [-0.2, -0.15) is 0 Å². The molecule has 0 aliphatic carbocycles. The summed E-state index contributed by atoms with van der Waals surface area (Å²) in [5, 5.41) is 27.0. The third-order valence-electron chi connectivity index (χ3n) is 1.69. The van der Waals surface area contributed by atoms with Crippen molar-refractivity contribution in [3.8, 4) is 0 Å². The molecule has 0 aromatic rings. The van der Waals surface area contributed by atoms with Crippen molar-refractivity contribution < 1.29 is 15.3 Å². The normalized spacial score (nSPS) is 16.7. The Hall–Kier alpha value is -0.380. The predicted molar refractivity (Wildman–Crippen MR) is 47.8 cm³/mol. The average Bonchev–Trinajstić information content (AvgIpc) is 2.05. The molecule has 0 bridgehead atoms. The topological polar surface area (TPSA) is 60.7 Å². The highest BCUT2D eigenvalue weighted by atomic mass is 16.3. The first-order chi connectivity index (χ1) is 5.72. The highest BCUT2D eigenvalue weighted by Crippen LogP contribution is 2.05. The number of unbranched alkanes of at least 4 members (excludes halogenated alkanes) is 1. The zero-order valence-electron chi connectivity index (χ0n) is 7.48. The maximum atomic E-state index is 9.29. The predicted octanol–water partition coefficient (Wildman–Crippen LogP) is 0.447. The molecule has 2 atom stereocenters. The fourth-order valence-corrected chi connectivity index (χ4v) is 0.961. The number of allylic oxidation sites excluding steroid dienone is 1. The first-order valence-electron chi connectivity index (χ1n) is 4.32. The van der Waals surface area contributed by atoms with Crippen LogP contribution < -0.4 is 0 Å². The molecule has 3 heteroatoms. The van der Waals surface area contributed by atoms with Crippen molar-refractivity contribution in [3.63, 3.8) is 0 Å². The molecule has 0 aliphatic heterocycles. The van der Waals surface area contributed by atoms with Gasteiger partial charge in [0.15, 0.2) is 0 Å². The molecule has 3 N–H and O–H groups in total. The number of hydrogen-bond acceptors (Lipinski definition) is 3. The van der Waals surface area contributed by atoms with Crippen molar-refractivity contribution in [2.24, 2.45) is 0 Å². The Bertz CT molecular complexity index is 123. The lowest BCUT2D eigenvalue weighted by molar-refractivity contribution is 0.0406. The van der Waals surface area contributed by atoms with E-state index >= 15 is 0 Å². The van der Waals surface area contributed by atoms with Crippen LogP contribution in [0.15, 0.2) is 12.2 Å². The molecule has 0 heterocycles. The fraction of sp³-hybridized carbons (Fsp3) is 0.778. The van der Waals surface area contributed by atoms with Crippen LogP contribution in [0, 0.1) is 0 Å². The van der Waals surface area contributed by atoms with Crippen molar-refractivity contribution in [3.05, 3.63) is 12.2 Å². The minimum atomic E-state index is -0.770. The highest BCUT2D eigenvalue weighted by molar-refractivity contribution is 4.89. The van der Waals surface area contributed by atoms with E-state index in [1.165, 1.54) is 0 Å². The molecule has 0 saturated carbocycles. The SMILES string of the molecule is CC=CC(O)C(O)CCCCO. The lowest BCUT2D eigenvalue weighted by atomic mass is 10.1. The molecule has 0 saturated heterocycles. The summed E-state index contributed by atoms with van der Waals surface area (Å²) in [6.07, 6.45) is 3.75. The van der Waals surface area contributed by atoms with Gasteiger partial charge in [-0.25, -0.2) is 0 Å². The van der Waals surface area contributed by atoms with Gasteiger partial charge < -0.3 is 15.3 Å². The molecule has 0 aliphatic rings. The van der Waals surface area contributed by atoms with Crippen LogP contribution in [0.2, 0.25) is 0 Å². The van der Waals surface area contributed by atoms with Crippen LogP contribution in [0.1, 0.15) is 26.2 Å². The van der Waals surface area contributed by atoms with Crippen molar-refractivity contribution >= 4 is 0 Å². The quantitative estimate of drug-likeness (QED) is 0.404. The Labute approximate surface area is 73.4 Å². The van der Waals surface area contributed by atoms with E-state index in [1.54, 1.807) is 19.1 Å². The molecule has 0 fully saturated rings. The summed E-state index contributed by atoms with van der Waals surface area (Å²) in [6, 6.07) is 0. The van der Waals surface area contributed by atoms with E-state index in [-0.39, 0.29) is 6.61 Å². The fourth-order valence-electron chi connectivity index (χ4n) is 0.961. The second-order valence-corrected chi connectivity index (χ2v) is 2.80. The molecule has 3 nitrogen and oxygen atoms in total. The van der Waals surface area contributed by atoms with Crippen molar-refractivity contribution in [1.29, 1.82) is 0 Å². The van der Waals surface area contributed by atoms with E-state index in [1.807, 2.05) is 0 Å². The number of aliphatic hydroxyl groups is 3. The van der Waals surface area contributed by atoms with Gasteiger partial charge in [-0.1, -0.05) is 12.2 Å². The van der Waals surface area contributed by atoms with Crippen LogP contribution >= 0.6 is 0 Å². The zero-order valence-corrected chi connectivity index (χ0v) is 7.48. The molecule has 2 unspecified atom stereocenters. The molecule has 0 radical (unpaired) electrons. The maximum absolute atomic E-state index is 9.29. The smallest absolute Gasteiger partial charge is 0.0979 e. The van der Waals surface area contributed by atoms with Gasteiger partial charge in [0, 0.05) is 6.61 Å². The molecule has 0 spiro atoms. The highest BCUT2D eigenvalue weighted by Gasteiger charge is 2.11. The minimum absolute atomic E-state index is 0.145. The summed E-state index contributed by atoms with van der Waals surface area (Å²) in [5.41, 5.74) is 0. The third-order valence-corrected chi connectivity index (χ3v) is 1.69. The molecule has 0 aromatic carbocycles. The van der Waals surface area contributed by atoms with Crippen molar-refractivity contribution in [1.82, 2.24) is 0 Å². The second-order valence-electron chi connectivity index (χ2n) is 2.80. The van der Waals surface area contributed by atoms with Gasteiger partial charge in [0.2, 0.25) is 0 Å². The Morgan fingerprint density at radius 3 is 2.42 bits per heavy atom. The molecule has 0 rings (SSSR count). The standard InChI is InChI=1S/C9H18O3/c1-2-5-8(11)9(12)6-3-4-7-10/h2,5,8-12H,3-4,6-7H2,1H3. The van der Waals surface area contributed by atoms with Crippen LogP contribution in [-0.2, 0) is 0 Å². The van der Waals surface area contributed by atoms with Crippen LogP contribution in [0.4, 0.5) is 0 Å². The Kier molecular flexibility index (Phi) is 7.05. The van der Waals surface area contributed by atoms with Crippen LogP contribution in [0.5, 0.6) is 0 Å². The second kappa shape index (κ2) is 7.28. The van der Waals surface area contributed by atoms with Gasteiger partial charge in [-0.3, -0.25) is 0 Å². The minimum Gasteiger partial charge on any atom is -0.396 e. The molecular formula is C9H18O3. The third kappa shape index (κ3) is 5.29. The average molecular weight is 174 g/mol. The van der Waals surface area contributed by atoms with Crippen molar-refractivity contribution in [2.75, 3.05) is 6.61 Å². The van der Waals surface area contributed by atoms with E-state index < -0.39 is 12.2 Å². The van der Waals surface area contributed by atoms with E-state index in [0.29, 0.717) is 12.8 Å². The van der Waals surface area contributed by atoms with Crippen LogP contribution in [-0.4, -0.2) is 34.1 Å². The van der Waals surface area contributed by atoms with Crippen LogP contribution in [0.25, 0.3) is 0 Å². The van der Waals surface area contributed by atoms with E-state index in [4.69, 9.17) is 5.11 Å². The summed E-state index contributed by atoms with van der Waals surface area (Å²) in [7, 11) is 0. The van der Waals surface area contributed by atoms with E-state index in [0.717, 1.165) is 6.42 Å². The van der Waals surface area contributed by atoms with Gasteiger partial charge in [0.1, 0.15) is 0 Å². The van der Waals surface area contributed by atoms with Gasteiger partial charge in [0.25, 0.3) is 0 Å². The van der Waals surface area contributed by atoms with Crippen molar-refractivity contribution in [2.45, 2.75) is 38.4 Å². The summed E-state index contributed by atoms with van der Waals surface area (Å²) in [5.74, 6) is 0. The number of rotatable bonds is 6. The summed E-state index contributed by atoms with van der Waals surface area (Å²) in [6.45, 7) is 1.94. The summed E-state index contributed by atoms with van der Waals surface area (Å²) in [4.78, 5) is 0. The Morgan fingerprint density at radius 2 is 1.92 bits per heavy atom. The molecule has 12 heavy (non-hydrogen) atoms. The Morgan fingerprint density at radius 1 is 1.25 bits per heavy atom. The monoisotopic (exact) mass is 174 g/mol. The zero-order chi connectivity index (χ0) is 9.40. The van der Waals surface area contributed by atoms with Gasteiger partial charge in [-0.05, 0) is 26.2 Å². The lowest BCUT2D eigenvalue weighted by Crippen LogP contribution is -2.23. The molecule has 0 aromatic heterocycles. The number of hydrogen-bond donors (Lipinski definition) is 3. The molecular weight excluding hydrogens is 156 g/mol. The van der Waals surface area contributed by atoms with Gasteiger partial charge in [0.05, 0.1) is 12.2 Å². The number of aliphatic hydroxyl groups excluding tert-OH is 3. The summed E-state index contributed by atoms with van der Waals surface area (Å²) < 4.78 is 0. The van der Waals surface area contributed by atoms with Crippen LogP contribution in [0.3, 0.4) is 0 Å². The Balaban J connectivity index is 3.49. The van der Waals surface area contributed by atoms with E-state index in [2.05, 4.69) is 0 Å². The van der Waals surface area contributed by atoms with E-state index in [9.17, 15) is 10.2 Å². The van der Waals surface area contributed by atoms with Gasteiger partial charge >= 0.3 is 0 Å². The maximum Gasteiger partial charge on any atom is 0.0979 e. The van der Waals surface area contributed by atoms with Gasteiger partial charge in [-0.15, -0.1) is 0 Å². The first-order valence-corrected chi connectivity index (χ1v) is 4.32. The molecule has 72 valence electrons. The largest absolute Gasteiger partial charge is 0.396 e. The summed E-state index contributed by atoms with van der Waals surface area (Å²) >= 11 is 0.